The standard InChI is InChI=1S/C13H16ClN3S/c1-4-10(15-3)13-17-16-12(18-13)9-7-5-6-8(2)11(9)14/h5-7,10,15H,4H2,1-3H3. The third-order valence-corrected chi connectivity index (χ3v) is 4.49. The minimum absolute atomic E-state index is 0.264. The minimum Gasteiger partial charge on any atom is -0.311 e. The van der Waals surface area contributed by atoms with E-state index in [9.17, 15) is 0 Å². The van der Waals surface area contributed by atoms with Crippen molar-refractivity contribution in [2.75, 3.05) is 7.05 Å². The van der Waals surface area contributed by atoms with E-state index in [0.717, 1.165) is 32.6 Å². The summed E-state index contributed by atoms with van der Waals surface area (Å²) in [5.41, 5.74) is 2.03. The largest absolute Gasteiger partial charge is 0.311 e. The van der Waals surface area contributed by atoms with Crippen molar-refractivity contribution >= 4 is 22.9 Å². The first-order chi connectivity index (χ1) is 8.67. The van der Waals surface area contributed by atoms with E-state index >= 15 is 0 Å². The lowest BCUT2D eigenvalue weighted by Crippen LogP contribution is -2.14. The molecule has 1 aromatic carbocycles. The Morgan fingerprint density at radius 3 is 2.83 bits per heavy atom. The molecule has 2 rings (SSSR count). The van der Waals surface area contributed by atoms with Gasteiger partial charge in [-0.2, -0.15) is 0 Å². The van der Waals surface area contributed by atoms with Gasteiger partial charge in [-0.1, -0.05) is 48.1 Å². The van der Waals surface area contributed by atoms with Crippen LogP contribution >= 0.6 is 22.9 Å². The van der Waals surface area contributed by atoms with Crippen LogP contribution in [-0.4, -0.2) is 17.2 Å². The Hall–Kier alpha value is -0.970. The van der Waals surface area contributed by atoms with Crippen LogP contribution in [0, 0.1) is 6.92 Å². The number of rotatable bonds is 4. The van der Waals surface area contributed by atoms with Crippen LogP contribution in [0.4, 0.5) is 0 Å². The fraction of sp³-hybridized carbons (Fsp3) is 0.385. The molecule has 1 N–H and O–H groups in total. The first-order valence-electron chi connectivity index (χ1n) is 5.93. The molecule has 0 radical (unpaired) electrons. The molecular weight excluding hydrogens is 266 g/mol. The van der Waals surface area contributed by atoms with Crippen LogP contribution in [0.2, 0.25) is 5.02 Å². The fourth-order valence-electron chi connectivity index (χ4n) is 1.80. The van der Waals surface area contributed by atoms with Gasteiger partial charge in [0.15, 0.2) is 0 Å². The molecule has 1 unspecified atom stereocenters. The first kappa shape index (κ1) is 13.5. The van der Waals surface area contributed by atoms with Crippen LogP contribution in [0.3, 0.4) is 0 Å². The van der Waals surface area contributed by atoms with E-state index < -0.39 is 0 Å². The number of nitrogens with zero attached hydrogens (tertiary/aromatic N) is 2. The van der Waals surface area contributed by atoms with Crippen molar-refractivity contribution in [3.63, 3.8) is 0 Å². The summed E-state index contributed by atoms with van der Waals surface area (Å²) in [5.74, 6) is 0. The number of aryl methyl sites for hydroxylation is 1. The molecule has 5 heteroatoms. The van der Waals surface area contributed by atoms with E-state index in [2.05, 4.69) is 22.4 Å². The van der Waals surface area contributed by atoms with E-state index in [1.165, 1.54) is 0 Å². The van der Waals surface area contributed by atoms with Crippen LogP contribution in [0.1, 0.15) is 30.0 Å². The second-order valence-electron chi connectivity index (χ2n) is 4.13. The third kappa shape index (κ3) is 2.55. The van der Waals surface area contributed by atoms with Gasteiger partial charge in [0.05, 0.1) is 11.1 Å². The number of benzene rings is 1. The lowest BCUT2D eigenvalue weighted by Gasteiger charge is -2.08. The van der Waals surface area contributed by atoms with Crippen molar-refractivity contribution in [2.45, 2.75) is 26.3 Å². The Kier molecular flexibility index (Phi) is 4.32. The highest BCUT2D eigenvalue weighted by molar-refractivity contribution is 7.14. The van der Waals surface area contributed by atoms with Crippen molar-refractivity contribution in [3.05, 3.63) is 33.8 Å². The summed E-state index contributed by atoms with van der Waals surface area (Å²) in [6.45, 7) is 4.12. The van der Waals surface area contributed by atoms with E-state index in [1.54, 1.807) is 11.3 Å². The fourth-order valence-corrected chi connectivity index (χ4v) is 3.14. The molecule has 3 nitrogen and oxygen atoms in total. The van der Waals surface area contributed by atoms with Gasteiger partial charge >= 0.3 is 0 Å². The molecule has 0 spiro atoms. The van der Waals surface area contributed by atoms with Gasteiger partial charge in [0.2, 0.25) is 0 Å². The van der Waals surface area contributed by atoms with Crippen LogP contribution in [0.5, 0.6) is 0 Å². The molecule has 0 aliphatic carbocycles. The van der Waals surface area contributed by atoms with Crippen molar-refractivity contribution in [3.8, 4) is 10.6 Å². The Balaban J connectivity index is 2.38. The Labute approximate surface area is 116 Å². The summed E-state index contributed by atoms with van der Waals surface area (Å²) in [6.07, 6.45) is 0.993. The Morgan fingerprint density at radius 2 is 2.17 bits per heavy atom. The number of aromatic nitrogens is 2. The highest BCUT2D eigenvalue weighted by Gasteiger charge is 2.15. The Bertz CT molecular complexity index is 535. The second-order valence-corrected chi connectivity index (χ2v) is 5.52. The molecule has 18 heavy (non-hydrogen) atoms. The van der Waals surface area contributed by atoms with Gasteiger partial charge in [0.25, 0.3) is 0 Å². The smallest absolute Gasteiger partial charge is 0.149 e. The molecular formula is C13H16ClN3S. The van der Waals surface area contributed by atoms with Crippen molar-refractivity contribution in [1.82, 2.24) is 15.5 Å². The predicted octanol–water partition coefficient (Wildman–Crippen LogP) is 3.84. The zero-order chi connectivity index (χ0) is 13.1. The monoisotopic (exact) mass is 281 g/mol. The maximum atomic E-state index is 6.31. The molecule has 0 saturated heterocycles. The summed E-state index contributed by atoms with van der Waals surface area (Å²) >= 11 is 7.90. The number of halogens is 1. The summed E-state index contributed by atoms with van der Waals surface area (Å²) in [7, 11) is 1.94. The quantitative estimate of drug-likeness (QED) is 0.925. The number of nitrogens with one attached hydrogen (secondary N) is 1. The lowest BCUT2D eigenvalue weighted by atomic mass is 10.1. The van der Waals surface area contributed by atoms with Crippen molar-refractivity contribution in [1.29, 1.82) is 0 Å². The normalized spacial score (nSPS) is 12.7. The Morgan fingerprint density at radius 1 is 1.39 bits per heavy atom. The molecule has 0 saturated carbocycles. The zero-order valence-electron chi connectivity index (χ0n) is 10.7. The van der Waals surface area contributed by atoms with Gasteiger partial charge in [-0.3, -0.25) is 0 Å². The SMILES string of the molecule is CCC(NC)c1nnc(-c2cccc(C)c2Cl)s1. The van der Waals surface area contributed by atoms with Crippen LogP contribution in [0.15, 0.2) is 18.2 Å². The molecule has 96 valence electrons. The number of hydrogen-bond acceptors (Lipinski definition) is 4. The number of hydrogen-bond donors (Lipinski definition) is 1. The highest BCUT2D eigenvalue weighted by Crippen LogP contribution is 2.33. The average molecular weight is 282 g/mol. The minimum atomic E-state index is 0.264. The maximum absolute atomic E-state index is 6.31. The molecule has 0 amide bonds. The van der Waals surface area contributed by atoms with Gasteiger partial charge in [-0.05, 0) is 26.0 Å². The van der Waals surface area contributed by atoms with Crippen LogP contribution in [-0.2, 0) is 0 Å². The van der Waals surface area contributed by atoms with Gasteiger partial charge in [0, 0.05) is 5.56 Å². The molecule has 1 atom stereocenters. The molecule has 1 aromatic heterocycles. The van der Waals surface area contributed by atoms with E-state index in [0.29, 0.717) is 0 Å². The zero-order valence-corrected chi connectivity index (χ0v) is 12.3. The molecule has 2 aromatic rings. The lowest BCUT2D eigenvalue weighted by molar-refractivity contribution is 0.568. The van der Waals surface area contributed by atoms with Crippen LogP contribution in [0.25, 0.3) is 10.6 Å². The molecule has 0 bridgehead atoms. The van der Waals surface area contributed by atoms with E-state index in [-0.39, 0.29) is 6.04 Å². The summed E-state index contributed by atoms with van der Waals surface area (Å²) in [5, 5.41) is 14.4. The maximum Gasteiger partial charge on any atom is 0.149 e. The van der Waals surface area contributed by atoms with Gasteiger partial charge in [-0.15, -0.1) is 10.2 Å². The van der Waals surface area contributed by atoms with Crippen molar-refractivity contribution in [2.24, 2.45) is 0 Å². The molecule has 1 heterocycles. The first-order valence-corrected chi connectivity index (χ1v) is 7.13. The average Bonchev–Trinajstić information content (AvgIpc) is 2.84. The molecule has 0 aliphatic heterocycles. The van der Waals surface area contributed by atoms with Gasteiger partial charge in [0.1, 0.15) is 10.0 Å². The van der Waals surface area contributed by atoms with Gasteiger partial charge in [-0.25, -0.2) is 0 Å². The van der Waals surface area contributed by atoms with Gasteiger partial charge < -0.3 is 5.32 Å². The predicted molar refractivity (Wildman–Crippen MR) is 77.2 cm³/mol. The molecule has 0 aliphatic rings. The summed E-state index contributed by atoms with van der Waals surface area (Å²) < 4.78 is 0. The molecule has 0 fully saturated rings. The second kappa shape index (κ2) is 5.78. The highest BCUT2D eigenvalue weighted by atomic mass is 35.5. The van der Waals surface area contributed by atoms with E-state index in [4.69, 9.17) is 11.6 Å². The topological polar surface area (TPSA) is 37.8 Å². The van der Waals surface area contributed by atoms with Crippen LogP contribution < -0.4 is 5.32 Å². The van der Waals surface area contributed by atoms with E-state index in [1.807, 2.05) is 32.2 Å². The summed E-state index contributed by atoms with van der Waals surface area (Å²) in [4.78, 5) is 0. The third-order valence-electron chi connectivity index (χ3n) is 2.92. The summed E-state index contributed by atoms with van der Waals surface area (Å²) in [6, 6.07) is 6.24. The van der Waals surface area contributed by atoms with Crippen molar-refractivity contribution < 1.29 is 0 Å².